The van der Waals surface area contributed by atoms with E-state index in [9.17, 15) is 13.2 Å². The van der Waals surface area contributed by atoms with Crippen LogP contribution >= 0.6 is 24.0 Å². The van der Waals surface area contributed by atoms with Crippen molar-refractivity contribution in [1.82, 2.24) is 9.21 Å². The lowest BCUT2D eigenvalue weighted by Crippen LogP contribution is -2.40. The van der Waals surface area contributed by atoms with Gasteiger partial charge in [0.2, 0.25) is 15.9 Å². The number of sulfonamides is 1. The summed E-state index contributed by atoms with van der Waals surface area (Å²) >= 11 is 6.80. The van der Waals surface area contributed by atoms with E-state index in [0.717, 1.165) is 49.0 Å². The number of anilines is 2. The van der Waals surface area contributed by atoms with Gasteiger partial charge in [-0.2, -0.15) is 4.31 Å². The maximum Gasteiger partial charge on any atom is 0.243 e. The summed E-state index contributed by atoms with van der Waals surface area (Å²) < 4.78 is 33.7. The quantitative estimate of drug-likeness (QED) is 0.546. The molecule has 1 aromatic carbocycles. The van der Waals surface area contributed by atoms with Crippen LogP contribution in [0.1, 0.15) is 26.7 Å². The van der Waals surface area contributed by atoms with Crippen molar-refractivity contribution in [3.05, 3.63) is 18.2 Å². The fourth-order valence-electron chi connectivity index (χ4n) is 3.86. The van der Waals surface area contributed by atoms with Gasteiger partial charge in [-0.1, -0.05) is 24.0 Å². The number of ether oxygens (including phenoxy) is 1. The summed E-state index contributed by atoms with van der Waals surface area (Å²) in [5.41, 5.74) is 1.30. The Morgan fingerprint density at radius 3 is 2.44 bits per heavy atom. The molecule has 2 aliphatic rings. The van der Waals surface area contributed by atoms with Gasteiger partial charge in [-0.05, 0) is 44.9 Å². The van der Waals surface area contributed by atoms with Gasteiger partial charge in [0.15, 0.2) is 0 Å². The third kappa shape index (κ3) is 6.13. The first-order chi connectivity index (χ1) is 15.4. The first-order valence-corrected chi connectivity index (χ1v) is 13.9. The highest BCUT2D eigenvalue weighted by atomic mass is 32.2. The molecule has 1 N–H and O–H groups in total. The van der Waals surface area contributed by atoms with E-state index in [4.69, 9.17) is 17.0 Å². The van der Waals surface area contributed by atoms with Gasteiger partial charge in [-0.15, -0.1) is 0 Å². The Morgan fingerprint density at radius 1 is 1.16 bits per heavy atom. The lowest BCUT2D eigenvalue weighted by Gasteiger charge is -2.28. The minimum absolute atomic E-state index is 0.172. The minimum atomic E-state index is -3.66. The fraction of sp³-hybridized carbons (Fsp3) is 0.619. The molecular formula is C21H32N4O4S3. The minimum Gasteiger partial charge on any atom is -0.379 e. The van der Waals surface area contributed by atoms with Crippen LogP contribution in [0.15, 0.2) is 23.1 Å². The zero-order valence-electron chi connectivity index (χ0n) is 18.7. The number of nitrogens with zero attached hydrogens (tertiary/aromatic N) is 3. The molecular weight excluding hydrogens is 468 g/mol. The SMILES string of the molecule is CCN(CC)c1ccc(S(=O)(=O)N2CCOCC2)cc1NC(=O)CSC(=S)N1CCCC1. The molecule has 0 bridgehead atoms. The van der Waals surface area contributed by atoms with Crippen molar-refractivity contribution >= 4 is 55.6 Å². The number of carbonyl (C=O) groups is 1. The monoisotopic (exact) mass is 500 g/mol. The largest absolute Gasteiger partial charge is 0.379 e. The lowest BCUT2D eigenvalue weighted by atomic mass is 10.2. The van der Waals surface area contributed by atoms with Crippen molar-refractivity contribution in [2.45, 2.75) is 31.6 Å². The van der Waals surface area contributed by atoms with Gasteiger partial charge < -0.3 is 19.9 Å². The Labute approximate surface area is 200 Å². The van der Waals surface area contributed by atoms with E-state index in [1.165, 1.54) is 16.1 Å². The zero-order chi connectivity index (χ0) is 23.1. The second kappa shape index (κ2) is 11.6. The number of thioether (sulfide) groups is 1. The molecule has 178 valence electrons. The molecule has 1 amide bonds. The smallest absolute Gasteiger partial charge is 0.243 e. The van der Waals surface area contributed by atoms with E-state index < -0.39 is 10.0 Å². The molecule has 3 rings (SSSR count). The summed E-state index contributed by atoms with van der Waals surface area (Å²) in [6.07, 6.45) is 2.26. The Balaban J connectivity index is 1.78. The summed E-state index contributed by atoms with van der Waals surface area (Å²) in [6, 6.07) is 4.96. The van der Waals surface area contributed by atoms with E-state index in [2.05, 4.69) is 15.1 Å². The molecule has 0 radical (unpaired) electrons. The van der Waals surface area contributed by atoms with E-state index >= 15 is 0 Å². The van der Waals surface area contributed by atoms with Gasteiger partial charge in [0.05, 0.1) is 35.2 Å². The van der Waals surface area contributed by atoms with E-state index in [-0.39, 0.29) is 16.6 Å². The second-order valence-electron chi connectivity index (χ2n) is 7.66. The van der Waals surface area contributed by atoms with Crippen molar-refractivity contribution < 1.29 is 17.9 Å². The molecule has 1 aromatic rings. The predicted octanol–water partition coefficient (Wildman–Crippen LogP) is 2.61. The number of morpholine rings is 1. The maximum absolute atomic E-state index is 13.1. The van der Waals surface area contributed by atoms with Crippen molar-refractivity contribution in [3.63, 3.8) is 0 Å². The van der Waals surface area contributed by atoms with Crippen LogP contribution in [0.2, 0.25) is 0 Å². The first-order valence-electron chi connectivity index (χ1n) is 11.0. The van der Waals surface area contributed by atoms with Crippen LogP contribution in [-0.2, 0) is 19.6 Å². The summed E-state index contributed by atoms with van der Waals surface area (Å²) in [5.74, 6) is -0.0149. The number of thiocarbonyl (C=S) groups is 1. The number of benzene rings is 1. The topological polar surface area (TPSA) is 82.2 Å². The molecule has 0 aromatic heterocycles. The van der Waals surface area contributed by atoms with Crippen LogP contribution in [0.4, 0.5) is 11.4 Å². The average Bonchev–Trinajstić information content (AvgIpc) is 3.35. The standard InChI is InChI=1S/C21H32N4O4S3/c1-3-23(4-2)19-8-7-17(32(27,28)25-11-13-29-14-12-25)15-18(19)22-20(26)16-31-21(30)24-9-5-6-10-24/h7-8,15H,3-6,9-14,16H2,1-2H3,(H,22,26). The van der Waals surface area contributed by atoms with Crippen LogP contribution in [0.5, 0.6) is 0 Å². The number of rotatable bonds is 8. The maximum atomic E-state index is 13.1. The summed E-state index contributed by atoms with van der Waals surface area (Å²) in [6.45, 7) is 8.84. The second-order valence-corrected chi connectivity index (χ2v) is 11.2. The number of hydrogen-bond acceptors (Lipinski definition) is 7. The molecule has 0 atom stereocenters. The molecule has 32 heavy (non-hydrogen) atoms. The number of hydrogen-bond donors (Lipinski definition) is 1. The molecule has 2 fully saturated rings. The highest BCUT2D eigenvalue weighted by Crippen LogP contribution is 2.31. The first kappa shape index (κ1) is 25.2. The predicted molar refractivity (Wildman–Crippen MR) is 134 cm³/mol. The zero-order valence-corrected chi connectivity index (χ0v) is 21.2. The normalized spacial score (nSPS) is 17.4. The fourth-order valence-corrected chi connectivity index (χ4v) is 6.34. The Kier molecular flexibility index (Phi) is 9.18. The third-order valence-electron chi connectivity index (χ3n) is 5.65. The number of carbonyl (C=O) groups excluding carboxylic acids is 1. The van der Waals surface area contributed by atoms with Gasteiger partial charge in [-0.3, -0.25) is 4.79 Å². The van der Waals surface area contributed by atoms with Crippen molar-refractivity contribution in [2.75, 3.05) is 68.5 Å². The number of amides is 1. The van der Waals surface area contributed by atoms with E-state index in [1.807, 2.05) is 13.8 Å². The number of likely N-dealkylation sites (tertiary alicyclic amines) is 1. The summed E-state index contributed by atoms with van der Waals surface area (Å²) in [4.78, 5) is 17.1. The Morgan fingerprint density at radius 2 is 1.81 bits per heavy atom. The Hall–Kier alpha value is -1.40. The summed E-state index contributed by atoms with van der Waals surface area (Å²) in [7, 11) is -3.66. The highest BCUT2D eigenvalue weighted by molar-refractivity contribution is 8.23. The van der Waals surface area contributed by atoms with E-state index in [0.29, 0.717) is 32.0 Å². The van der Waals surface area contributed by atoms with Crippen molar-refractivity contribution in [1.29, 1.82) is 0 Å². The Bertz CT molecular complexity index is 910. The summed E-state index contributed by atoms with van der Waals surface area (Å²) in [5, 5.41) is 2.93. The molecule has 11 heteroatoms. The molecule has 2 aliphatic heterocycles. The van der Waals surface area contributed by atoms with Gasteiger partial charge in [-0.25, -0.2) is 8.42 Å². The number of nitrogens with one attached hydrogen (secondary N) is 1. The van der Waals surface area contributed by atoms with Gasteiger partial charge in [0.1, 0.15) is 4.32 Å². The van der Waals surface area contributed by atoms with Crippen LogP contribution in [-0.4, -0.2) is 86.1 Å². The van der Waals surface area contributed by atoms with Crippen molar-refractivity contribution in [3.8, 4) is 0 Å². The molecule has 2 heterocycles. The molecule has 0 saturated carbocycles. The average molecular weight is 501 g/mol. The molecule has 0 aliphatic carbocycles. The third-order valence-corrected chi connectivity index (χ3v) is 9.06. The molecule has 0 unspecified atom stereocenters. The van der Waals surface area contributed by atoms with E-state index in [1.54, 1.807) is 18.2 Å². The molecule has 0 spiro atoms. The van der Waals surface area contributed by atoms with Gasteiger partial charge >= 0.3 is 0 Å². The van der Waals surface area contributed by atoms with Crippen LogP contribution in [0.3, 0.4) is 0 Å². The van der Waals surface area contributed by atoms with Gasteiger partial charge in [0.25, 0.3) is 0 Å². The molecule has 2 saturated heterocycles. The lowest BCUT2D eigenvalue weighted by molar-refractivity contribution is -0.113. The van der Waals surface area contributed by atoms with Crippen LogP contribution in [0.25, 0.3) is 0 Å². The highest BCUT2D eigenvalue weighted by Gasteiger charge is 2.27. The van der Waals surface area contributed by atoms with Crippen molar-refractivity contribution in [2.24, 2.45) is 0 Å². The van der Waals surface area contributed by atoms with Gasteiger partial charge in [0, 0.05) is 39.3 Å². The van der Waals surface area contributed by atoms with Crippen LogP contribution in [0, 0.1) is 0 Å². The molecule has 8 nitrogen and oxygen atoms in total. The van der Waals surface area contributed by atoms with Crippen LogP contribution < -0.4 is 10.2 Å².